The van der Waals surface area contributed by atoms with E-state index in [2.05, 4.69) is 12.2 Å². The van der Waals surface area contributed by atoms with Crippen molar-refractivity contribution in [3.8, 4) is 5.75 Å². The van der Waals surface area contributed by atoms with Gasteiger partial charge in [-0.1, -0.05) is 31.5 Å². The van der Waals surface area contributed by atoms with E-state index in [-0.39, 0.29) is 12.1 Å². The van der Waals surface area contributed by atoms with E-state index >= 15 is 0 Å². The van der Waals surface area contributed by atoms with Gasteiger partial charge in [0, 0.05) is 18.7 Å². The molecule has 0 aliphatic heterocycles. The summed E-state index contributed by atoms with van der Waals surface area (Å²) in [5, 5.41) is 23.8. The number of nitrogens with one attached hydrogen (secondary N) is 1. The first kappa shape index (κ1) is 20.2. The van der Waals surface area contributed by atoms with Crippen molar-refractivity contribution in [2.24, 2.45) is 0 Å². The van der Waals surface area contributed by atoms with E-state index in [4.69, 9.17) is 4.74 Å². The number of rotatable bonds is 10. The number of methoxy groups -OCH3 is 1. The van der Waals surface area contributed by atoms with E-state index in [1.807, 2.05) is 0 Å². The highest BCUT2D eigenvalue weighted by Gasteiger charge is 2.22. The molecule has 2 rings (SSSR count). The fourth-order valence-electron chi connectivity index (χ4n) is 2.82. The number of carboxylic acids is 1. The van der Waals surface area contributed by atoms with Crippen LogP contribution in [0.4, 0.5) is 11.4 Å². The quantitative estimate of drug-likeness (QED) is 0.368. The summed E-state index contributed by atoms with van der Waals surface area (Å²) in [6, 6.07) is 11.3. The number of nitrogens with zero attached hydrogens (tertiary/aromatic N) is 1. The van der Waals surface area contributed by atoms with Crippen LogP contribution in [0.15, 0.2) is 42.5 Å². The van der Waals surface area contributed by atoms with Gasteiger partial charge >= 0.3 is 5.97 Å². The third-order valence-electron chi connectivity index (χ3n) is 4.36. The van der Waals surface area contributed by atoms with Gasteiger partial charge in [0.1, 0.15) is 5.75 Å². The standard InChI is InChI=1S/C20H24N2O5/c1-3-4-11-21-18-13-15(7-10-19(18)27-2)17(20(23)24)12-14-5-8-16(9-6-14)22(25)26/h5-10,13,17,21H,3-4,11-12H2,1-2H3,(H,23,24). The normalized spacial score (nSPS) is 11.6. The fourth-order valence-corrected chi connectivity index (χ4v) is 2.82. The molecular formula is C20H24N2O5. The van der Waals surface area contributed by atoms with Gasteiger partial charge in [0.15, 0.2) is 0 Å². The maximum atomic E-state index is 11.8. The van der Waals surface area contributed by atoms with E-state index in [9.17, 15) is 20.0 Å². The lowest BCUT2D eigenvalue weighted by Gasteiger charge is -2.17. The van der Waals surface area contributed by atoms with E-state index in [1.54, 1.807) is 37.4 Å². The Kier molecular flexibility index (Phi) is 7.16. The van der Waals surface area contributed by atoms with Crippen molar-refractivity contribution in [3.05, 3.63) is 63.7 Å². The van der Waals surface area contributed by atoms with E-state index in [0.29, 0.717) is 11.3 Å². The van der Waals surface area contributed by atoms with E-state index in [1.165, 1.54) is 12.1 Å². The molecule has 27 heavy (non-hydrogen) atoms. The lowest BCUT2D eigenvalue weighted by atomic mass is 9.91. The SMILES string of the molecule is CCCCNc1cc(C(Cc2ccc([N+](=O)[O-])cc2)C(=O)O)ccc1OC. The Labute approximate surface area is 158 Å². The Balaban J connectivity index is 2.25. The molecule has 2 aromatic carbocycles. The average molecular weight is 372 g/mol. The topological polar surface area (TPSA) is 102 Å². The fraction of sp³-hybridized carbons (Fsp3) is 0.350. The molecule has 0 fully saturated rings. The molecule has 1 atom stereocenters. The Bertz CT molecular complexity index is 789. The number of hydrogen-bond acceptors (Lipinski definition) is 5. The molecule has 2 N–H and O–H groups in total. The molecule has 0 amide bonds. The number of carbonyl (C=O) groups is 1. The summed E-state index contributed by atoms with van der Waals surface area (Å²) in [7, 11) is 1.57. The Hall–Kier alpha value is -3.09. The van der Waals surface area contributed by atoms with Gasteiger partial charge in [-0.25, -0.2) is 0 Å². The van der Waals surface area contributed by atoms with Crippen LogP contribution >= 0.6 is 0 Å². The molecule has 0 aliphatic carbocycles. The van der Waals surface area contributed by atoms with Crippen molar-refractivity contribution in [3.63, 3.8) is 0 Å². The Morgan fingerprint density at radius 2 is 1.96 bits per heavy atom. The molecule has 7 heteroatoms. The van der Waals surface area contributed by atoms with Crippen LogP contribution < -0.4 is 10.1 Å². The van der Waals surface area contributed by atoms with Crippen LogP contribution in [-0.4, -0.2) is 29.7 Å². The Morgan fingerprint density at radius 3 is 2.52 bits per heavy atom. The van der Waals surface area contributed by atoms with Crippen LogP contribution in [0, 0.1) is 10.1 Å². The number of unbranched alkanes of at least 4 members (excludes halogenated alkanes) is 1. The molecule has 0 aliphatic rings. The number of nitro benzene ring substituents is 1. The Morgan fingerprint density at radius 1 is 1.26 bits per heavy atom. The molecule has 7 nitrogen and oxygen atoms in total. The van der Waals surface area contributed by atoms with Gasteiger partial charge in [-0.15, -0.1) is 0 Å². The first-order valence-electron chi connectivity index (χ1n) is 8.84. The number of nitro groups is 1. The van der Waals surface area contributed by atoms with Crippen LogP contribution in [0.1, 0.15) is 36.8 Å². The maximum Gasteiger partial charge on any atom is 0.311 e. The second-order valence-electron chi connectivity index (χ2n) is 6.26. The maximum absolute atomic E-state index is 11.8. The molecule has 0 saturated carbocycles. The van der Waals surface area contributed by atoms with Gasteiger partial charge in [-0.2, -0.15) is 0 Å². The van der Waals surface area contributed by atoms with Gasteiger partial charge in [0.25, 0.3) is 5.69 Å². The van der Waals surface area contributed by atoms with Gasteiger partial charge in [0.2, 0.25) is 0 Å². The average Bonchev–Trinajstić information content (AvgIpc) is 2.66. The molecule has 144 valence electrons. The minimum atomic E-state index is -0.946. The largest absolute Gasteiger partial charge is 0.495 e. The summed E-state index contributed by atoms with van der Waals surface area (Å²) in [5.41, 5.74) is 2.13. The van der Waals surface area contributed by atoms with Crippen LogP contribution in [0.2, 0.25) is 0 Å². The third kappa shape index (κ3) is 5.44. The van der Waals surface area contributed by atoms with Crippen LogP contribution in [-0.2, 0) is 11.2 Å². The zero-order chi connectivity index (χ0) is 19.8. The van der Waals surface area contributed by atoms with Crippen molar-refractivity contribution >= 4 is 17.3 Å². The van der Waals surface area contributed by atoms with Gasteiger partial charge in [-0.3, -0.25) is 14.9 Å². The number of anilines is 1. The van der Waals surface area contributed by atoms with Gasteiger partial charge in [0.05, 0.1) is 23.6 Å². The lowest BCUT2D eigenvalue weighted by molar-refractivity contribution is -0.384. The number of aliphatic carboxylic acids is 1. The van der Waals surface area contributed by atoms with Crippen molar-refractivity contribution in [1.82, 2.24) is 0 Å². The minimum absolute atomic E-state index is 0.0162. The molecule has 0 aromatic heterocycles. The highest BCUT2D eigenvalue weighted by molar-refractivity contribution is 5.77. The number of hydrogen-bond donors (Lipinski definition) is 2. The van der Waals surface area contributed by atoms with E-state index < -0.39 is 16.8 Å². The molecular weight excluding hydrogens is 348 g/mol. The smallest absolute Gasteiger partial charge is 0.311 e. The van der Waals surface area contributed by atoms with Crippen molar-refractivity contribution < 1.29 is 19.6 Å². The minimum Gasteiger partial charge on any atom is -0.495 e. The molecule has 0 saturated heterocycles. The highest BCUT2D eigenvalue weighted by Crippen LogP contribution is 2.31. The summed E-state index contributed by atoms with van der Waals surface area (Å²) in [5.74, 6) is -1.04. The van der Waals surface area contributed by atoms with Crippen LogP contribution in [0.3, 0.4) is 0 Å². The zero-order valence-corrected chi connectivity index (χ0v) is 15.5. The van der Waals surface area contributed by atoms with Gasteiger partial charge in [-0.05, 0) is 36.1 Å². The molecule has 0 radical (unpaired) electrons. The first-order chi connectivity index (χ1) is 13.0. The summed E-state index contributed by atoms with van der Waals surface area (Å²) in [4.78, 5) is 22.1. The van der Waals surface area contributed by atoms with E-state index in [0.717, 1.165) is 30.6 Å². The number of carboxylic acid groups (broad SMARTS) is 1. The van der Waals surface area contributed by atoms with Crippen molar-refractivity contribution in [2.75, 3.05) is 19.0 Å². The predicted octanol–water partition coefficient (Wildman–Crippen LogP) is 4.23. The lowest BCUT2D eigenvalue weighted by Crippen LogP contribution is -2.15. The second kappa shape index (κ2) is 9.56. The molecule has 0 spiro atoms. The van der Waals surface area contributed by atoms with Crippen LogP contribution in [0.5, 0.6) is 5.75 Å². The molecule has 0 heterocycles. The summed E-state index contributed by atoms with van der Waals surface area (Å²) >= 11 is 0. The first-order valence-corrected chi connectivity index (χ1v) is 8.84. The predicted molar refractivity (Wildman–Crippen MR) is 104 cm³/mol. The van der Waals surface area contributed by atoms with Crippen molar-refractivity contribution in [1.29, 1.82) is 0 Å². The molecule has 0 bridgehead atoms. The second-order valence-corrected chi connectivity index (χ2v) is 6.26. The summed E-state index contributed by atoms with van der Waals surface area (Å²) < 4.78 is 5.35. The number of non-ortho nitro benzene ring substituents is 1. The third-order valence-corrected chi connectivity index (χ3v) is 4.36. The van der Waals surface area contributed by atoms with Gasteiger partial charge < -0.3 is 15.2 Å². The zero-order valence-electron chi connectivity index (χ0n) is 15.5. The summed E-state index contributed by atoms with van der Waals surface area (Å²) in [6.45, 7) is 2.87. The van der Waals surface area contributed by atoms with Crippen LogP contribution in [0.25, 0.3) is 0 Å². The van der Waals surface area contributed by atoms with Crippen molar-refractivity contribution in [2.45, 2.75) is 32.1 Å². The monoisotopic (exact) mass is 372 g/mol. The number of benzene rings is 2. The summed E-state index contributed by atoms with van der Waals surface area (Å²) in [6.07, 6.45) is 2.29. The molecule has 1 unspecified atom stereocenters. The highest BCUT2D eigenvalue weighted by atomic mass is 16.6. The number of ether oxygens (including phenoxy) is 1. The molecule has 2 aromatic rings.